The molecule has 0 aliphatic carbocycles. The van der Waals surface area contributed by atoms with Gasteiger partial charge in [0, 0.05) is 13.1 Å². The van der Waals surface area contributed by atoms with E-state index in [1.165, 1.54) is 0 Å². The van der Waals surface area contributed by atoms with Crippen molar-refractivity contribution in [2.75, 3.05) is 40.8 Å². The van der Waals surface area contributed by atoms with Gasteiger partial charge in [0.25, 0.3) is 0 Å². The smallest absolute Gasteiger partial charge is 0.136 e. The highest BCUT2D eigenvalue weighted by Crippen LogP contribution is 2.06. The second-order valence-electron chi connectivity index (χ2n) is 5.17. The molecule has 0 radical (unpaired) electrons. The van der Waals surface area contributed by atoms with Crippen molar-refractivity contribution in [2.24, 2.45) is 0 Å². The number of carbonyl (C=O) groups is 1. The summed E-state index contributed by atoms with van der Waals surface area (Å²) in [7, 11) is 5.85. The number of carbonyl (C=O) groups excluding carboxylic acids is 1. The molecule has 1 fully saturated rings. The van der Waals surface area contributed by atoms with Crippen LogP contribution in [0.5, 0.6) is 0 Å². The van der Waals surface area contributed by atoms with Crippen LogP contribution in [0.2, 0.25) is 0 Å². The highest BCUT2D eigenvalue weighted by atomic mass is 16.3. The fraction of sp³-hybridized carbons (Fsp3) is 0.938. The Balaban J connectivity index is 0. The van der Waals surface area contributed by atoms with Crippen molar-refractivity contribution < 1.29 is 9.90 Å². The summed E-state index contributed by atoms with van der Waals surface area (Å²) in [5.41, 5.74) is 0. The number of aldehydes is 1. The molecule has 1 unspecified atom stereocenters. The third kappa shape index (κ3) is 15.7. The first-order valence-electron chi connectivity index (χ1n) is 8.27. The molecule has 1 saturated heterocycles. The molecule has 0 bridgehead atoms. The lowest BCUT2D eigenvalue weighted by Crippen LogP contribution is -2.32. The Labute approximate surface area is 131 Å². The first kappa shape index (κ1) is 22.8. The number of hydrogen-bond donors (Lipinski definition) is 3. The molecule has 0 aromatic rings. The number of rotatable bonds is 7. The number of aliphatic hydroxyl groups excluding tert-OH is 1. The molecular weight excluding hydrogens is 266 g/mol. The summed E-state index contributed by atoms with van der Waals surface area (Å²) in [6.45, 7) is 7.15. The van der Waals surface area contributed by atoms with Gasteiger partial charge in [-0.1, -0.05) is 20.3 Å². The number of hydrogen-bond acceptors (Lipinski definition) is 5. The summed E-state index contributed by atoms with van der Waals surface area (Å²) in [6.07, 6.45) is 6.05. The zero-order valence-corrected chi connectivity index (χ0v) is 14.7. The van der Waals surface area contributed by atoms with E-state index in [0.29, 0.717) is 0 Å². The molecule has 5 heteroatoms. The quantitative estimate of drug-likeness (QED) is 0.488. The summed E-state index contributed by atoms with van der Waals surface area (Å²) < 4.78 is 0. The zero-order valence-electron chi connectivity index (χ0n) is 14.7. The van der Waals surface area contributed by atoms with Gasteiger partial charge >= 0.3 is 0 Å². The van der Waals surface area contributed by atoms with Crippen molar-refractivity contribution in [1.82, 2.24) is 15.5 Å². The Morgan fingerprint density at radius 1 is 1.24 bits per heavy atom. The Morgan fingerprint density at radius 2 is 1.81 bits per heavy atom. The average Bonchev–Trinajstić information content (AvgIpc) is 2.53. The van der Waals surface area contributed by atoms with Crippen molar-refractivity contribution in [3.63, 3.8) is 0 Å². The van der Waals surface area contributed by atoms with Gasteiger partial charge in [0.15, 0.2) is 0 Å². The van der Waals surface area contributed by atoms with E-state index in [9.17, 15) is 4.79 Å². The molecule has 1 rings (SSSR count). The summed E-state index contributed by atoms with van der Waals surface area (Å²) in [5.74, 6) is 0. The Morgan fingerprint density at radius 3 is 2.19 bits per heavy atom. The highest BCUT2D eigenvalue weighted by molar-refractivity contribution is 5.57. The molecule has 5 nitrogen and oxygen atoms in total. The third-order valence-electron chi connectivity index (χ3n) is 3.42. The van der Waals surface area contributed by atoms with E-state index < -0.39 is 0 Å². The van der Waals surface area contributed by atoms with Crippen LogP contribution in [-0.2, 0) is 4.79 Å². The minimum absolute atomic E-state index is 0.0220. The largest absolute Gasteiger partial charge is 0.393 e. The number of piperidine rings is 1. The van der Waals surface area contributed by atoms with E-state index in [-0.39, 0.29) is 12.1 Å². The second kappa shape index (κ2) is 17.6. The van der Waals surface area contributed by atoms with Crippen molar-refractivity contribution in [3.8, 4) is 0 Å². The zero-order chi connectivity index (χ0) is 16.5. The second-order valence-corrected chi connectivity index (χ2v) is 5.17. The van der Waals surface area contributed by atoms with Crippen molar-refractivity contribution in [2.45, 2.75) is 58.1 Å². The molecule has 3 N–H and O–H groups in total. The van der Waals surface area contributed by atoms with Crippen LogP contribution in [0.25, 0.3) is 0 Å². The minimum Gasteiger partial charge on any atom is -0.393 e. The number of aliphatic hydroxyl groups is 1. The molecule has 128 valence electrons. The van der Waals surface area contributed by atoms with E-state index >= 15 is 0 Å². The van der Waals surface area contributed by atoms with Gasteiger partial charge in [-0.3, -0.25) is 0 Å². The Hall–Kier alpha value is -0.490. The third-order valence-corrected chi connectivity index (χ3v) is 3.42. The molecule has 0 spiro atoms. The van der Waals surface area contributed by atoms with E-state index in [2.05, 4.69) is 22.6 Å². The van der Waals surface area contributed by atoms with E-state index in [0.717, 1.165) is 58.0 Å². The lowest BCUT2D eigenvalue weighted by molar-refractivity contribution is -0.109. The maximum atomic E-state index is 10.3. The molecule has 0 aromatic heterocycles. The highest BCUT2D eigenvalue weighted by Gasteiger charge is 2.12. The number of nitrogens with one attached hydrogen (secondary N) is 2. The van der Waals surface area contributed by atoms with Crippen molar-refractivity contribution >= 4 is 6.29 Å². The van der Waals surface area contributed by atoms with Crippen LogP contribution in [0.1, 0.15) is 46.0 Å². The topological polar surface area (TPSA) is 64.6 Å². The first-order valence-corrected chi connectivity index (χ1v) is 8.27. The molecule has 1 aliphatic rings. The molecule has 1 heterocycles. The summed E-state index contributed by atoms with van der Waals surface area (Å²) in [5, 5.41) is 15.0. The van der Waals surface area contributed by atoms with Gasteiger partial charge in [0.1, 0.15) is 6.29 Å². The van der Waals surface area contributed by atoms with Gasteiger partial charge in [0.05, 0.1) is 12.1 Å². The predicted octanol–water partition coefficient (Wildman–Crippen LogP) is 1.26. The molecule has 0 amide bonds. The maximum absolute atomic E-state index is 10.3. The molecule has 0 saturated carbocycles. The van der Waals surface area contributed by atoms with Crippen LogP contribution in [0.15, 0.2) is 0 Å². The normalized spacial score (nSPS) is 17.0. The van der Waals surface area contributed by atoms with Gasteiger partial charge in [0.2, 0.25) is 0 Å². The monoisotopic (exact) mass is 303 g/mol. The van der Waals surface area contributed by atoms with Crippen molar-refractivity contribution in [3.05, 3.63) is 0 Å². The molecule has 1 aliphatic heterocycles. The standard InChI is InChI=1S/C8H18N2O.C6H13NO.C2H6/c1-9-6-4-3-5-8(7-11)10-2;1-7-4-2-6(8)3-5-7;1-2/h7-10H,3-6H2,1-2H3;6,8H,2-5H2,1H3;1-2H3. The van der Waals surface area contributed by atoms with Gasteiger partial charge in [-0.25, -0.2) is 0 Å². The molecule has 1 atom stereocenters. The SMILES string of the molecule is CC.CN1CCC(O)CC1.CNCCCCC(C=O)NC. The van der Waals surface area contributed by atoms with E-state index in [4.69, 9.17) is 5.11 Å². The van der Waals surface area contributed by atoms with Crippen LogP contribution in [0, 0.1) is 0 Å². The Bertz CT molecular complexity index is 198. The maximum Gasteiger partial charge on any atom is 0.136 e. The van der Waals surface area contributed by atoms with Gasteiger partial charge in [-0.15, -0.1) is 0 Å². The number of unbranched alkanes of at least 4 members (excludes halogenated alkanes) is 1. The molecule has 21 heavy (non-hydrogen) atoms. The van der Waals surface area contributed by atoms with E-state index in [1.54, 1.807) is 0 Å². The fourth-order valence-corrected chi connectivity index (χ4v) is 1.94. The van der Waals surface area contributed by atoms with Gasteiger partial charge in [-0.2, -0.15) is 0 Å². The lowest BCUT2D eigenvalue weighted by Gasteiger charge is -2.25. The van der Waals surface area contributed by atoms with Crippen LogP contribution < -0.4 is 10.6 Å². The molecular formula is C16H37N3O2. The summed E-state index contributed by atoms with van der Waals surface area (Å²) >= 11 is 0. The van der Waals surface area contributed by atoms with Gasteiger partial charge in [-0.05, 0) is 53.4 Å². The van der Waals surface area contributed by atoms with E-state index in [1.807, 2.05) is 27.9 Å². The predicted molar refractivity (Wildman–Crippen MR) is 90.8 cm³/mol. The molecule has 0 aromatic carbocycles. The summed E-state index contributed by atoms with van der Waals surface area (Å²) in [4.78, 5) is 12.6. The van der Waals surface area contributed by atoms with Gasteiger partial charge < -0.3 is 25.4 Å². The van der Waals surface area contributed by atoms with Crippen LogP contribution >= 0.6 is 0 Å². The minimum atomic E-state index is -0.0220. The average molecular weight is 303 g/mol. The summed E-state index contributed by atoms with van der Waals surface area (Å²) in [6, 6.07) is 0.0480. The van der Waals surface area contributed by atoms with Crippen molar-refractivity contribution in [1.29, 1.82) is 0 Å². The fourth-order valence-electron chi connectivity index (χ4n) is 1.94. The number of nitrogens with zero attached hydrogens (tertiary/aromatic N) is 1. The first-order chi connectivity index (χ1) is 10.1. The van der Waals surface area contributed by atoms with Crippen LogP contribution in [0.4, 0.5) is 0 Å². The van der Waals surface area contributed by atoms with Crippen LogP contribution in [0.3, 0.4) is 0 Å². The van der Waals surface area contributed by atoms with Crippen LogP contribution in [-0.4, -0.2) is 69.2 Å². The Kier molecular flexibility index (Phi) is 19.1. The number of likely N-dealkylation sites (tertiary alicyclic amines) is 1. The number of likely N-dealkylation sites (N-methyl/N-ethyl adjacent to an activating group) is 1. The lowest BCUT2D eigenvalue weighted by atomic mass is 10.1.